The Balaban J connectivity index is 1.56. The number of nitrogens with two attached hydrogens (primary N) is 2. The zero-order chi connectivity index (χ0) is 28.0. The summed E-state index contributed by atoms with van der Waals surface area (Å²) in [5.74, 6) is 2.77. The highest BCUT2D eigenvalue weighted by molar-refractivity contribution is 5.98. The molecule has 0 aliphatic heterocycles. The van der Waals surface area contributed by atoms with Gasteiger partial charge in [0.2, 0.25) is 0 Å². The standard InChI is InChI=1S/C32H46N6O/c1-5-37(6-2)23-9-21-35-31(33)27-15-11-25(12-16-27)29-19-20-30(39-29)26-13-17-28(18-14-26)32(34)36-22-10-24-38(7-3)8-4/h11-20H,5-10,21-24H2,1-4H3,(H2,33,35)(H2,34,36). The number of rotatable bonds is 16. The summed E-state index contributed by atoms with van der Waals surface area (Å²) in [7, 11) is 0. The van der Waals surface area contributed by atoms with Crippen LogP contribution in [-0.2, 0) is 0 Å². The van der Waals surface area contributed by atoms with Crippen molar-refractivity contribution in [3.8, 4) is 22.6 Å². The second-order valence-corrected chi connectivity index (χ2v) is 9.61. The monoisotopic (exact) mass is 530 g/mol. The minimum Gasteiger partial charge on any atom is -0.456 e. The molecule has 3 aromatic rings. The topological polar surface area (TPSA) is 96.4 Å². The molecule has 4 N–H and O–H groups in total. The Morgan fingerprint density at radius 2 is 0.949 bits per heavy atom. The number of amidine groups is 2. The van der Waals surface area contributed by atoms with Gasteiger partial charge in [-0.3, -0.25) is 9.98 Å². The average molecular weight is 531 g/mol. The van der Waals surface area contributed by atoms with E-state index >= 15 is 0 Å². The Morgan fingerprint density at radius 1 is 0.590 bits per heavy atom. The van der Waals surface area contributed by atoms with E-state index < -0.39 is 0 Å². The van der Waals surface area contributed by atoms with Gasteiger partial charge in [-0.2, -0.15) is 0 Å². The summed E-state index contributed by atoms with van der Waals surface area (Å²) in [6.45, 7) is 16.6. The Morgan fingerprint density at radius 3 is 1.28 bits per heavy atom. The van der Waals surface area contributed by atoms with Crippen molar-refractivity contribution < 1.29 is 4.42 Å². The van der Waals surface area contributed by atoms with Crippen molar-refractivity contribution in [2.45, 2.75) is 40.5 Å². The summed E-state index contributed by atoms with van der Waals surface area (Å²) in [6, 6.07) is 20.1. The van der Waals surface area contributed by atoms with Gasteiger partial charge in [0.15, 0.2) is 0 Å². The highest BCUT2D eigenvalue weighted by Gasteiger charge is 2.09. The van der Waals surface area contributed by atoms with Gasteiger partial charge in [0.25, 0.3) is 0 Å². The highest BCUT2D eigenvalue weighted by atomic mass is 16.3. The number of nitrogens with zero attached hydrogens (tertiary/aromatic N) is 4. The number of hydrogen-bond acceptors (Lipinski definition) is 5. The normalized spacial score (nSPS) is 12.6. The smallest absolute Gasteiger partial charge is 0.134 e. The lowest BCUT2D eigenvalue weighted by atomic mass is 10.1. The molecule has 0 saturated carbocycles. The Hall–Kier alpha value is -3.42. The molecule has 0 aliphatic rings. The average Bonchev–Trinajstić information content (AvgIpc) is 3.48. The molecule has 0 saturated heterocycles. The van der Waals surface area contributed by atoms with Crippen molar-refractivity contribution in [2.75, 3.05) is 52.4 Å². The van der Waals surface area contributed by atoms with Crippen LogP contribution in [0.5, 0.6) is 0 Å². The maximum atomic E-state index is 6.23. The first-order chi connectivity index (χ1) is 19.0. The zero-order valence-electron chi connectivity index (χ0n) is 24.2. The molecule has 0 bridgehead atoms. The minimum atomic E-state index is 0.577. The molecule has 1 heterocycles. The van der Waals surface area contributed by atoms with Crippen molar-refractivity contribution in [1.82, 2.24) is 9.80 Å². The van der Waals surface area contributed by atoms with Gasteiger partial charge in [0.1, 0.15) is 23.2 Å². The van der Waals surface area contributed by atoms with Crippen molar-refractivity contribution in [1.29, 1.82) is 0 Å². The molecule has 210 valence electrons. The molecule has 1 aromatic heterocycles. The predicted molar refractivity (Wildman–Crippen MR) is 166 cm³/mol. The van der Waals surface area contributed by atoms with Crippen LogP contribution >= 0.6 is 0 Å². The molecule has 0 spiro atoms. The molecule has 3 rings (SSSR count). The Kier molecular flexibility index (Phi) is 12.3. The van der Waals surface area contributed by atoms with Crippen LogP contribution in [0.3, 0.4) is 0 Å². The van der Waals surface area contributed by atoms with Crippen LogP contribution in [0.25, 0.3) is 22.6 Å². The van der Waals surface area contributed by atoms with Crippen LogP contribution in [0.2, 0.25) is 0 Å². The van der Waals surface area contributed by atoms with E-state index in [0.29, 0.717) is 11.7 Å². The highest BCUT2D eigenvalue weighted by Crippen LogP contribution is 2.29. The second-order valence-electron chi connectivity index (χ2n) is 9.61. The summed E-state index contributed by atoms with van der Waals surface area (Å²) in [5, 5.41) is 0. The second kappa shape index (κ2) is 15.9. The number of furan rings is 1. The summed E-state index contributed by atoms with van der Waals surface area (Å²) < 4.78 is 6.17. The fourth-order valence-electron chi connectivity index (χ4n) is 4.51. The molecule has 7 nitrogen and oxygen atoms in total. The van der Waals surface area contributed by atoms with Gasteiger partial charge in [0.05, 0.1) is 0 Å². The molecule has 39 heavy (non-hydrogen) atoms. The summed E-state index contributed by atoms with van der Waals surface area (Å²) >= 11 is 0. The van der Waals surface area contributed by atoms with E-state index in [-0.39, 0.29) is 0 Å². The van der Waals surface area contributed by atoms with Gasteiger partial charge in [-0.25, -0.2) is 0 Å². The van der Waals surface area contributed by atoms with Crippen molar-refractivity contribution in [3.05, 3.63) is 71.8 Å². The van der Waals surface area contributed by atoms with Gasteiger partial charge in [-0.05, 0) is 64.2 Å². The van der Waals surface area contributed by atoms with Gasteiger partial charge >= 0.3 is 0 Å². The van der Waals surface area contributed by atoms with Crippen molar-refractivity contribution in [3.63, 3.8) is 0 Å². The maximum absolute atomic E-state index is 6.23. The molecule has 2 aromatic carbocycles. The quantitative estimate of drug-likeness (QED) is 0.145. The van der Waals surface area contributed by atoms with E-state index in [2.05, 4.69) is 47.5 Å². The van der Waals surface area contributed by atoms with Crippen molar-refractivity contribution in [2.24, 2.45) is 21.5 Å². The summed E-state index contributed by atoms with van der Waals surface area (Å²) in [4.78, 5) is 13.9. The van der Waals surface area contributed by atoms with E-state index in [4.69, 9.17) is 15.9 Å². The minimum absolute atomic E-state index is 0.577. The first-order valence-corrected chi connectivity index (χ1v) is 14.3. The third-order valence-electron chi connectivity index (χ3n) is 7.15. The molecule has 7 heteroatoms. The largest absolute Gasteiger partial charge is 0.456 e. The number of aliphatic imine (C=N–C) groups is 2. The van der Waals surface area contributed by atoms with E-state index in [9.17, 15) is 0 Å². The predicted octanol–water partition coefficient (Wildman–Crippen LogP) is 5.49. The van der Waals surface area contributed by atoms with Crippen LogP contribution in [0.4, 0.5) is 0 Å². The van der Waals surface area contributed by atoms with E-state index in [1.165, 1.54) is 0 Å². The first-order valence-electron chi connectivity index (χ1n) is 14.3. The molecule has 0 fully saturated rings. The third kappa shape index (κ3) is 9.08. The van der Waals surface area contributed by atoms with Crippen LogP contribution in [-0.4, -0.2) is 73.8 Å². The molecule has 0 radical (unpaired) electrons. The van der Waals surface area contributed by atoms with Gasteiger partial charge < -0.3 is 25.7 Å². The number of benzene rings is 2. The Labute approximate surface area is 234 Å². The molecule has 0 aliphatic carbocycles. The molecular weight excluding hydrogens is 484 g/mol. The van der Waals surface area contributed by atoms with Gasteiger partial charge in [-0.1, -0.05) is 76.2 Å². The lowest BCUT2D eigenvalue weighted by molar-refractivity contribution is 0.302. The van der Waals surface area contributed by atoms with Crippen LogP contribution in [0.15, 0.2) is 75.1 Å². The molecular formula is C32H46N6O. The third-order valence-corrected chi connectivity index (χ3v) is 7.15. The number of hydrogen-bond donors (Lipinski definition) is 2. The first kappa shape index (κ1) is 30.1. The Bertz CT molecular complexity index is 1080. The molecule has 0 unspecified atom stereocenters. The van der Waals surface area contributed by atoms with Crippen LogP contribution in [0, 0.1) is 0 Å². The summed E-state index contributed by atoms with van der Waals surface area (Å²) in [5.41, 5.74) is 16.3. The van der Waals surface area contributed by atoms with Crippen LogP contribution < -0.4 is 11.5 Å². The van der Waals surface area contributed by atoms with E-state index in [0.717, 1.165) is 99.0 Å². The molecule has 0 amide bonds. The van der Waals surface area contributed by atoms with E-state index in [1.807, 2.05) is 60.7 Å². The SMILES string of the molecule is CCN(CC)CCCN=C(N)c1ccc(-c2ccc(-c3ccc(C(N)=NCCCN(CC)CC)cc3)o2)cc1. The van der Waals surface area contributed by atoms with E-state index in [1.54, 1.807) is 0 Å². The lowest BCUT2D eigenvalue weighted by Crippen LogP contribution is -2.24. The lowest BCUT2D eigenvalue weighted by Gasteiger charge is -2.16. The zero-order valence-corrected chi connectivity index (χ0v) is 24.2. The van der Waals surface area contributed by atoms with Gasteiger partial charge in [0, 0.05) is 35.3 Å². The summed E-state index contributed by atoms with van der Waals surface area (Å²) in [6.07, 6.45) is 2.01. The maximum Gasteiger partial charge on any atom is 0.134 e. The van der Waals surface area contributed by atoms with Gasteiger partial charge in [-0.15, -0.1) is 0 Å². The molecule has 0 atom stereocenters. The van der Waals surface area contributed by atoms with Crippen molar-refractivity contribution >= 4 is 11.7 Å². The fraction of sp³-hybridized carbons (Fsp3) is 0.438. The fourth-order valence-corrected chi connectivity index (χ4v) is 4.51. The van der Waals surface area contributed by atoms with Crippen LogP contribution in [0.1, 0.15) is 51.7 Å².